The van der Waals surface area contributed by atoms with Gasteiger partial charge in [0.25, 0.3) is 0 Å². The van der Waals surface area contributed by atoms with Crippen LogP contribution in [0.5, 0.6) is 11.5 Å². The van der Waals surface area contributed by atoms with Gasteiger partial charge in [-0.25, -0.2) is 9.18 Å². The standard InChI is InChI=1S/C25H32F4N4O3/c1-24(2,3)36-23(34)32(5)14-16-15-33(13-12-31(16)4)22-18(30)10-11-20(21(22)25(27,28)29)35-19-9-7-6-8-17(19)26/h6-11,16H,12-15,30H2,1-5H3. The fourth-order valence-corrected chi connectivity index (χ4v) is 4.01. The number of hydrogen-bond donors (Lipinski definition) is 1. The molecule has 2 aromatic rings. The number of halogens is 4. The largest absolute Gasteiger partial charge is 0.454 e. The minimum absolute atomic E-state index is 0.0768. The van der Waals surface area contributed by atoms with Gasteiger partial charge >= 0.3 is 12.3 Å². The number of para-hydroxylation sites is 1. The first kappa shape index (κ1) is 27.4. The minimum atomic E-state index is -4.82. The molecule has 1 saturated heterocycles. The van der Waals surface area contributed by atoms with Gasteiger partial charge in [0.1, 0.15) is 16.9 Å². The van der Waals surface area contributed by atoms with Crippen LogP contribution in [0.25, 0.3) is 0 Å². The Balaban J connectivity index is 1.93. The van der Waals surface area contributed by atoms with Crippen LogP contribution in [0, 0.1) is 5.82 Å². The van der Waals surface area contributed by atoms with E-state index in [-0.39, 0.29) is 42.8 Å². The predicted molar refractivity (Wildman–Crippen MR) is 130 cm³/mol. The molecule has 1 amide bonds. The molecule has 11 heteroatoms. The second kappa shape index (κ2) is 10.4. The summed E-state index contributed by atoms with van der Waals surface area (Å²) in [6.07, 6.45) is -5.35. The lowest BCUT2D eigenvalue weighted by Crippen LogP contribution is -2.56. The highest BCUT2D eigenvalue weighted by Gasteiger charge is 2.41. The molecule has 1 fully saturated rings. The lowest BCUT2D eigenvalue weighted by molar-refractivity contribution is -0.138. The molecule has 2 N–H and O–H groups in total. The Morgan fingerprint density at radius 2 is 1.78 bits per heavy atom. The van der Waals surface area contributed by atoms with Crippen LogP contribution in [-0.4, -0.2) is 67.8 Å². The molecular formula is C25H32F4N4O3. The van der Waals surface area contributed by atoms with Crippen molar-refractivity contribution < 1.29 is 31.8 Å². The Kier molecular flexibility index (Phi) is 7.92. The van der Waals surface area contributed by atoms with E-state index in [1.807, 2.05) is 11.9 Å². The molecule has 1 heterocycles. The Morgan fingerprint density at radius 1 is 1.11 bits per heavy atom. The van der Waals surface area contributed by atoms with E-state index in [9.17, 15) is 22.4 Å². The highest BCUT2D eigenvalue weighted by atomic mass is 19.4. The lowest BCUT2D eigenvalue weighted by Gasteiger charge is -2.43. The minimum Gasteiger partial charge on any atom is -0.454 e. The Hall–Kier alpha value is -3.21. The van der Waals surface area contributed by atoms with Gasteiger partial charge in [0.05, 0.1) is 11.4 Å². The molecule has 0 aliphatic carbocycles. The number of nitrogen functional groups attached to an aromatic ring is 1. The highest BCUT2D eigenvalue weighted by Crippen LogP contribution is 2.47. The Labute approximate surface area is 208 Å². The highest BCUT2D eigenvalue weighted by molar-refractivity contribution is 5.76. The summed E-state index contributed by atoms with van der Waals surface area (Å²) in [5.74, 6) is -1.65. The van der Waals surface area contributed by atoms with E-state index >= 15 is 0 Å². The summed E-state index contributed by atoms with van der Waals surface area (Å²) in [4.78, 5) is 17.4. The summed E-state index contributed by atoms with van der Waals surface area (Å²) in [5.41, 5.74) is 4.02. The number of carbonyl (C=O) groups is 1. The van der Waals surface area contributed by atoms with E-state index in [2.05, 4.69) is 0 Å². The molecule has 3 rings (SSSR count). The number of amides is 1. The van der Waals surface area contributed by atoms with E-state index in [4.69, 9.17) is 15.2 Å². The lowest BCUT2D eigenvalue weighted by atomic mass is 10.0. The van der Waals surface area contributed by atoms with Gasteiger partial charge in [0.15, 0.2) is 11.6 Å². The zero-order valence-electron chi connectivity index (χ0n) is 21.0. The number of carbonyl (C=O) groups excluding carboxylic acids is 1. The average molecular weight is 513 g/mol. The van der Waals surface area contributed by atoms with Gasteiger partial charge in [-0.2, -0.15) is 13.2 Å². The number of likely N-dealkylation sites (N-methyl/N-ethyl adjacent to an activating group) is 2. The van der Waals surface area contributed by atoms with Gasteiger partial charge in [-0.05, 0) is 52.1 Å². The quantitative estimate of drug-likeness (QED) is 0.438. The normalized spacial score (nSPS) is 17.1. The molecule has 198 valence electrons. The van der Waals surface area contributed by atoms with Gasteiger partial charge in [0.2, 0.25) is 0 Å². The van der Waals surface area contributed by atoms with Crippen LogP contribution in [0.2, 0.25) is 0 Å². The fourth-order valence-electron chi connectivity index (χ4n) is 4.01. The van der Waals surface area contributed by atoms with Crippen molar-refractivity contribution in [2.75, 3.05) is 50.9 Å². The van der Waals surface area contributed by atoms with E-state index in [0.29, 0.717) is 6.54 Å². The van der Waals surface area contributed by atoms with Crippen LogP contribution in [0.3, 0.4) is 0 Å². The van der Waals surface area contributed by atoms with Gasteiger partial charge in [-0.1, -0.05) is 12.1 Å². The molecule has 1 unspecified atom stereocenters. The summed E-state index contributed by atoms with van der Waals surface area (Å²) in [7, 11) is 3.43. The van der Waals surface area contributed by atoms with Crippen LogP contribution < -0.4 is 15.4 Å². The SMILES string of the molecule is CN(CC1CN(c2c(N)ccc(Oc3ccccc3F)c2C(F)(F)F)CCN1C)C(=O)OC(C)(C)C. The van der Waals surface area contributed by atoms with Crippen molar-refractivity contribution in [1.29, 1.82) is 0 Å². The topological polar surface area (TPSA) is 71.3 Å². The first-order valence-corrected chi connectivity index (χ1v) is 11.5. The van der Waals surface area contributed by atoms with Crippen molar-refractivity contribution in [3.05, 3.63) is 47.8 Å². The number of piperazine rings is 1. The second-order valence-corrected chi connectivity index (χ2v) is 9.85. The molecule has 2 aromatic carbocycles. The second-order valence-electron chi connectivity index (χ2n) is 9.85. The van der Waals surface area contributed by atoms with Gasteiger partial charge in [0, 0.05) is 39.3 Å². The molecule has 0 radical (unpaired) electrons. The summed E-state index contributed by atoms with van der Waals surface area (Å²) in [5, 5.41) is 0. The molecule has 1 atom stereocenters. The first-order valence-electron chi connectivity index (χ1n) is 11.5. The average Bonchev–Trinajstić information content (AvgIpc) is 2.76. The monoisotopic (exact) mass is 512 g/mol. The summed E-state index contributed by atoms with van der Waals surface area (Å²) in [6, 6.07) is 7.36. The van der Waals surface area contributed by atoms with E-state index in [1.54, 1.807) is 32.7 Å². The number of ether oxygens (including phenoxy) is 2. The van der Waals surface area contributed by atoms with Crippen molar-refractivity contribution in [1.82, 2.24) is 9.80 Å². The Morgan fingerprint density at radius 3 is 2.39 bits per heavy atom. The first-order chi connectivity index (χ1) is 16.7. The summed E-state index contributed by atoms with van der Waals surface area (Å²) >= 11 is 0. The summed E-state index contributed by atoms with van der Waals surface area (Å²) in [6.45, 7) is 6.36. The van der Waals surface area contributed by atoms with Crippen LogP contribution in [0.15, 0.2) is 36.4 Å². The Bertz CT molecular complexity index is 1090. The molecule has 0 spiro atoms. The van der Waals surface area contributed by atoms with Crippen LogP contribution >= 0.6 is 0 Å². The van der Waals surface area contributed by atoms with Crippen molar-refractivity contribution in [3.63, 3.8) is 0 Å². The number of anilines is 2. The molecule has 36 heavy (non-hydrogen) atoms. The molecule has 1 aliphatic rings. The third kappa shape index (κ3) is 6.51. The smallest absolute Gasteiger partial charge is 0.422 e. The zero-order chi connectivity index (χ0) is 26.8. The van der Waals surface area contributed by atoms with Crippen molar-refractivity contribution in [2.24, 2.45) is 0 Å². The maximum absolute atomic E-state index is 14.4. The fraction of sp³-hybridized carbons (Fsp3) is 0.480. The molecule has 0 bridgehead atoms. The number of rotatable bonds is 5. The molecular weight excluding hydrogens is 480 g/mol. The van der Waals surface area contributed by atoms with Crippen molar-refractivity contribution in [2.45, 2.75) is 38.6 Å². The maximum atomic E-state index is 14.4. The maximum Gasteiger partial charge on any atom is 0.422 e. The van der Waals surface area contributed by atoms with Crippen molar-refractivity contribution in [3.8, 4) is 11.5 Å². The molecule has 1 aliphatic heterocycles. The number of alkyl halides is 3. The molecule has 7 nitrogen and oxygen atoms in total. The van der Waals surface area contributed by atoms with E-state index < -0.39 is 35.0 Å². The van der Waals surface area contributed by atoms with Crippen LogP contribution in [-0.2, 0) is 10.9 Å². The molecule has 0 aromatic heterocycles. The van der Waals surface area contributed by atoms with E-state index in [1.165, 1.54) is 29.2 Å². The van der Waals surface area contributed by atoms with Gasteiger partial charge < -0.3 is 25.0 Å². The third-order valence-electron chi connectivity index (χ3n) is 5.79. The van der Waals surface area contributed by atoms with Crippen LogP contribution in [0.4, 0.5) is 33.7 Å². The van der Waals surface area contributed by atoms with Crippen molar-refractivity contribution >= 4 is 17.5 Å². The number of hydrogen-bond acceptors (Lipinski definition) is 6. The summed E-state index contributed by atoms with van der Waals surface area (Å²) < 4.78 is 68.0. The number of nitrogens with two attached hydrogens (primary N) is 1. The van der Waals surface area contributed by atoms with E-state index in [0.717, 1.165) is 12.1 Å². The predicted octanol–water partition coefficient (Wildman–Crippen LogP) is 5.21. The van der Waals surface area contributed by atoms with Gasteiger partial charge in [-0.3, -0.25) is 4.90 Å². The number of nitrogens with zero attached hydrogens (tertiary/aromatic N) is 3. The number of benzene rings is 2. The van der Waals surface area contributed by atoms with Crippen LogP contribution in [0.1, 0.15) is 26.3 Å². The zero-order valence-corrected chi connectivity index (χ0v) is 21.0. The molecule has 0 saturated carbocycles. The third-order valence-corrected chi connectivity index (χ3v) is 5.79. The van der Waals surface area contributed by atoms with Gasteiger partial charge in [-0.15, -0.1) is 0 Å².